The molecule has 4 nitrogen and oxygen atoms in total. The molecule has 3 rings (SSSR count). The fourth-order valence-corrected chi connectivity index (χ4v) is 3.19. The maximum Gasteiger partial charge on any atom is 0.434 e. The minimum Gasteiger partial charge on any atom is -0.326 e. The number of amides is 1. The molecule has 2 heterocycles. The summed E-state index contributed by atoms with van der Waals surface area (Å²) in [6, 6.07) is 8.37. The normalized spacial score (nSPS) is 11.7. The maximum atomic E-state index is 13.3. The summed E-state index contributed by atoms with van der Waals surface area (Å²) in [5, 5.41) is 2.58. The average Bonchev–Trinajstić information content (AvgIpc) is 2.89. The van der Waals surface area contributed by atoms with Crippen molar-refractivity contribution in [2.45, 2.75) is 13.1 Å². The number of nitrogens with zero attached hydrogens (tertiary/aromatic N) is 2. The summed E-state index contributed by atoms with van der Waals surface area (Å²) in [7, 11) is 0. The van der Waals surface area contributed by atoms with Crippen molar-refractivity contribution >= 4 is 33.1 Å². The smallest absolute Gasteiger partial charge is 0.326 e. The first-order valence-corrected chi connectivity index (χ1v) is 7.37. The number of fused-ring (bicyclic) bond motifs is 1. The third-order valence-corrected chi connectivity index (χ3v) is 4.09. The van der Waals surface area contributed by atoms with Crippen molar-refractivity contribution in [1.29, 1.82) is 0 Å². The number of thiazole rings is 1. The minimum atomic E-state index is -4.65. The first kappa shape index (κ1) is 15.4. The van der Waals surface area contributed by atoms with E-state index in [4.69, 9.17) is 0 Å². The lowest BCUT2D eigenvalue weighted by molar-refractivity contribution is -0.140. The molecule has 2 aromatic heterocycles. The van der Waals surface area contributed by atoms with Gasteiger partial charge < -0.3 is 5.32 Å². The molecule has 8 heteroatoms. The van der Waals surface area contributed by atoms with Crippen molar-refractivity contribution in [3.8, 4) is 10.6 Å². The van der Waals surface area contributed by atoms with Crippen LogP contribution in [0.3, 0.4) is 0 Å². The van der Waals surface area contributed by atoms with Crippen molar-refractivity contribution in [3.05, 3.63) is 42.2 Å². The first-order chi connectivity index (χ1) is 10.9. The molecule has 0 atom stereocenters. The van der Waals surface area contributed by atoms with Gasteiger partial charge in [0.05, 0.1) is 21.5 Å². The molecule has 3 aromatic rings. The third-order valence-electron chi connectivity index (χ3n) is 3.04. The zero-order chi connectivity index (χ0) is 16.6. The summed E-state index contributed by atoms with van der Waals surface area (Å²) < 4.78 is 40.7. The van der Waals surface area contributed by atoms with E-state index < -0.39 is 17.8 Å². The van der Waals surface area contributed by atoms with Crippen LogP contribution in [0.5, 0.6) is 0 Å². The van der Waals surface area contributed by atoms with Gasteiger partial charge in [-0.1, -0.05) is 12.1 Å². The molecule has 0 radical (unpaired) electrons. The van der Waals surface area contributed by atoms with Gasteiger partial charge >= 0.3 is 6.18 Å². The highest BCUT2D eigenvalue weighted by molar-refractivity contribution is 7.21. The van der Waals surface area contributed by atoms with E-state index in [1.807, 2.05) is 0 Å². The van der Waals surface area contributed by atoms with Gasteiger partial charge in [0.15, 0.2) is 5.69 Å². The Labute approximate surface area is 133 Å². The highest BCUT2D eigenvalue weighted by atomic mass is 32.1. The van der Waals surface area contributed by atoms with Crippen LogP contribution in [0.15, 0.2) is 36.5 Å². The van der Waals surface area contributed by atoms with Crippen LogP contribution in [0, 0.1) is 0 Å². The van der Waals surface area contributed by atoms with E-state index in [1.165, 1.54) is 13.0 Å². The van der Waals surface area contributed by atoms with E-state index >= 15 is 0 Å². The highest BCUT2D eigenvalue weighted by Crippen LogP contribution is 2.42. The number of nitrogens with one attached hydrogen (secondary N) is 1. The summed E-state index contributed by atoms with van der Waals surface area (Å²) in [5.74, 6) is -0.466. The van der Waals surface area contributed by atoms with Gasteiger partial charge in [-0.2, -0.15) is 13.2 Å². The largest absolute Gasteiger partial charge is 0.434 e. The molecular weight excluding hydrogens is 327 g/mol. The molecule has 0 fully saturated rings. The van der Waals surface area contributed by atoms with Gasteiger partial charge in [-0.3, -0.25) is 9.78 Å². The number of rotatable bonds is 2. The van der Waals surface area contributed by atoms with Gasteiger partial charge in [-0.15, -0.1) is 11.3 Å². The van der Waals surface area contributed by atoms with Crippen molar-refractivity contribution in [2.75, 3.05) is 5.32 Å². The van der Waals surface area contributed by atoms with Crippen LogP contribution < -0.4 is 5.32 Å². The fourth-order valence-electron chi connectivity index (χ4n) is 2.17. The van der Waals surface area contributed by atoms with Crippen LogP contribution in [0.2, 0.25) is 0 Å². The topological polar surface area (TPSA) is 54.9 Å². The predicted octanol–water partition coefficient (Wildman–Crippen LogP) is 4.34. The van der Waals surface area contributed by atoms with Crippen LogP contribution in [0.1, 0.15) is 12.6 Å². The zero-order valence-corrected chi connectivity index (χ0v) is 12.6. The summed E-state index contributed by atoms with van der Waals surface area (Å²) in [5.41, 5.74) is -0.642. The van der Waals surface area contributed by atoms with Crippen LogP contribution in [0.4, 0.5) is 18.9 Å². The Hall–Kier alpha value is -2.48. The number of alkyl halides is 3. The van der Waals surface area contributed by atoms with Crippen molar-refractivity contribution in [1.82, 2.24) is 9.97 Å². The number of carbonyl (C=O) groups is 1. The summed E-state index contributed by atoms with van der Waals surface area (Å²) in [6.07, 6.45) is -3.63. The lowest BCUT2D eigenvalue weighted by Gasteiger charge is -2.14. The van der Waals surface area contributed by atoms with Gasteiger partial charge in [-0.05, 0) is 18.2 Å². The Morgan fingerprint density at radius 2 is 1.96 bits per heavy atom. The Balaban J connectivity index is 2.27. The number of hydrogen-bond acceptors (Lipinski definition) is 4. The molecule has 0 bridgehead atoms. The number of para-hydroxylation sites is 1. The van der Waals surface area contributed by atoms with Gasteiger partial charge in [0, 0.05) is 13.1 Å². The van der Waals surface area contributed by atoms with E-state index in [1.54, 1.807) is 24.3 Å². The molecule has 0 aliphatic carbocycles. The summed E-state index contributed by atoms with van der Waals surface area (Å²) in [4.78, 5) is 19.0. The Bertz CT molecular complexity index is 856. The van der Waals surface area contributed by atoms with Crippen LogP contribution >= 0.6 is 11.3 Å². The number of aromatic nitrogens is 2. The van der Waals surface area contributed by atoms with E-state index in [9.17, 15) is 18.0 Å². The number of carbonyl (C=O) groups excluding carboxylic acids is 1. The van der Waals surface area contributed by atoms with Crippen molar-refractivity contribution in [2.24, 2.45) is 0 Å². The summed E-state index contributed by atoms with van der Waals surface area (Å²) in [6.45, 7) is 1.23. The SMILES string of the molecule is CC(=O)Nc1ccnc(C(F)(F)F)c1-c1nc2ccccc2s1. The molecule has 0 aliphatic heterocycles. The number of anilines is 1. The van der Waals surface area contributed by atoms with Crippen LogP contribution in [0.25, 0.3) is 20.8 Å². The molecule has 0 aliphatic rings. The minimum absolute atomic E-state index is 0.0406. The Kier molecular flexibility index (Phi) is 3.77. The van der Waals surface area contributed by atoms with E-state index in [0.29, 0.717) is 5.52 Å². The van der Waals surface area contributed by atoms with E-state index in [2.05, 4.69) is 15.3 Å². The highest BCUT2D eigenvalue weighted by Gasteiger charge is 2.37. The molecule has 23 heavy (non-hydrogen) atoms. The molecule has 1 N–H and O–H groups in total. The lowest BCUT2D eigenvalue weighted by Crippen LogP contribution is -2.14. The molecular formula is C15H10F3N3OS. The van der Waals surface area contributed by atoms with Crippen molar-refractivity contribution in [3.63, 3.8) is 0 Å². The second-order valence-corrected chi connectivity index (χ2v) is 5.78. The van der Waals surface area contributed by atoms with Gasteiger partial charge in [-0.25, -0.2) is 4.98 Å². The molecule has 1 aromatic carbocycles. The Morgan fingerprint density at radius 1 is 1.22 bits per heavy atom. The number of hydrogen-bond donors (Lipinski definition) is 1. The van der Waals surface area contributed by atoms with Gasteiger partial charge in [0.2, 0.25) is 5.91 Å². The second-order valence-electron chi connectivity index (χ2n) is 4.75. The molecule has 0 saturated heterocycles. The molecule has 0 unspecified atom stereocenters. The monoisotopic (exact) mass is 337 g/mol. The van der Waals surface area contributed by atoms with Gasteiger partial charge in [0.1, 0.15) is 5.01 Å². The number of halogens is 3. The van der Waals surface area contributed by atoms with E-state index in [0.717, 1.165) is 22.2 Å². The predicted molar refractivity (Wildman–Crippen MR) is 82.2 cm³/mol. The summed E-state index contributed by atoms with van der Waals surface area (Å²) >= 11 is 1.12. The fraction of sp³-hybridized carbons (Fsp3) is 0.133. The molecule has 1 amide bonds. The van der Waals surface area contributed by atoms with Crippen molar-refractivity contribution < 1.29 is 18.0 Å². The van der Waals surface area contributed by atoms with Crippen LogP contribution in [-0.2, 0) is 11.0 Å². The first-order valence-electron chi connectivity index (χ1n) is 6.56. The molecule has 118 valence electrons. The second kappa shape index (κ2) is 5.62. The van der Waals surface area contributed by atoms with Gasteiger partial charge in [0.25, 0.3) is 0 Å². The lowest BCUT2D eigenvalue weighted by atomic mass is 10.1. The molecule has 0 spiro atoms. The zero-order valence-electron chi connectivity index (χ0n) is 11.8. The molecule has 0 saturated carbocycles. The van der Waals surface area contributed by atoms with E-state index in [-0.39, 0.29) is 16.3 Å². The number of pyridine rings is 1. The van der Waals surface area contributed by atoms with Crippen LogP contribution in [-0.4, -0.2) is 15.9 Å². The quantitative estimate of drug-likeness (QED) is 0.757. The average molecular weight is 337 g/mol. The maximum absolute atomic E-state index is 13.3. The third kappa shape index (κ3) is 3.02. The number of benzene rings is 1. The standard InChI is InChI=1S/C15H10F3N3OS/c1-8(22)20-10-6-7-19-13(15(16,17)18)12(10)14-21-9-4-2-3-5-11(9)23-14/h2-7H,1H3,(H,19,20,22). The Morgan fingerprint density at radius 3 is 2.61 bits per heavy atom.